The SMILES string of the molecule is Cc1ccc2oc(SC(C)C(=O)NCCc3cccs3)nc2n1. The van der Waals surface area contributed by atoms with Gasteiger partial charge >= 0.3 is 0 Å². The van der Waals surface area contributed by atoms with Crippen molar-refractivity contribution in [1.29, 1.82) is 0 Å². The van der Waals surface area contributed by atoms with Gasteiger partial charge in [-0.2, -0.15) is 4.98 Å². The molecule has 0 saturated carbocycles. The average Bonchev–Trinajstić information content (AvgIpc) is 3.15. The molecule has 3 aromatic rings. The van der Waals surface area contributed by atoms with Gasteiger partial charge in [0.25, 0.3) is 5.22 Å². The number of aryl methyl sites for hydroxylation is 1. The van der Waals surface area contributed by atoms with Crippen molar-refractivity contribution >= 4 is 40.2 Å². The van der Waals surface area contributed by atoms with Crippen LogP contribution in [0.5, 0.6) is 0 Å². The second-order valence-corrected chi connectivity index (χ2v) is 7.46. The number of fused-ring (bicyclic) bond motifs is 1. The first-order chi connectivity index (χ1) is 11.1. The van der Waals surface area contributed by atoms with Gasteiger partial charge in [0, 0.05) is 17.1 Å². The molecule has 1 atom stereocenters. The number of rotatable bonds is 6. The minimum atomic E-state index is -0.271. The third-order valence-electron chi connectivity index (χ3n) is 3.27. The Morgan fingerprint density at radius 3 is 3.04 bits per heavy atom. The van der Waals surface area contributed by atoms with Crippen LogP contribution in [0.4, 0.5) is 0 Å². The average molecular weight is 347 g/mol. The van der Waals surface area contributed by atoms with Gasteiger partial charge in [-0.15, -0.1) is 11.3 Å². The predicted octanol–water partition coefficient (Wildman–Crippen LogP) is 3.43. The third-order valence-corrected chi connectivity index (χ3v) is 5.15. The minimum absolute atomic E-state index is 0.0158. The number of thioether (sulfide) groups is 1. The second-order valence-electron chi connectivity index (χ2n) is 5.13. The smallest absolute Gasteiger partial charge is 0.259 e. The number of hydrogen-bond donors (Lipinski definition) is 1. The number of pyridine rings is 1. The van der Waals surface area contributed by atoms with Crippen LogP contribution in [0.25, 0.3) is 11.2 Å². The monoisotopic (exact) mass is 347 g/mol. The Hall–Kier alpha value is -1.86. The molecule has 0 fully saturated rings. The van der Waals surface area contributed by atoms with E-state index >= 15 is 0 Å². The van der Waals surface area contributed by atoms with Gasteiger partial charge in [0.2, 0.25) is 5.91 Å². The molecule has 3 aromatic heterocycles. The van der Waals surface area contributed by atoms with Crippen molar-refractivity contribution in [3.63, 3.8) is 0 Å². The molecular formula is C16H17N3O2S2. The number of aromatic nitrogens is 2. The molecule has 0 aliphatic rings. The molecule has 23 heavy (non-hydrogen) atoms. The molecule has 1 unspecified atom stereocenters. The van der Waals surface area contributed by atoms with Crippen molar-refractivity contribution in [1.82, 2.24) is 15.3 Å². The molecule has 1 amide bonds. The number of carbonyl (C=O) groups is 1. The van der Waals surface area contributed by atoms with Gasteiger partial charge in [0.05, 0.1) is 5.25 Å². The van der Waals surface area contributed by atoms with Crippen LogP contribution < -0.4 is 5.32 Å². The molecule has 120 valence electrons. The Kier molecular flexibility index (Phi) is 4.97. The molecule has 0 aliphatic carbocycles. The number of oxazole rings is 1. The normalized spacial score (nSPS) is 12.4. The highest BCUT2D eigenvalue weighted by molar-refractivity contribution is 8.00. The van der Waals surface area contributed by atoms with Crippen molar-refractivity contribution in [3.8, 4) is 0 Å². The van der Waals surface area contributed by atoms with Crippen molar-refractivity contribution in [2.75, 3.05) is 6.54 Å². The van der Waals surface area contributed by atoms with Crippen LogP contribution in [0, 0.1) is 6.92 Å². The Bertz CT molecular complexity index is 799. The van der Waals surface area contributed by atoms with E-state index in [1.54, 1.807) is 11.3 Å². The van der Waals surface area contributed by atoms with E-state index in [2.05, 4.69) is 21.4 Å². The molecule has 0 bridgehead atoms. The van der Waals surface area contributed by atoms with E-state index in [-0.39, 0.29) is 11.2 Å². The van der Waals surface area contributed by atoms with Crippen LogP contribution in [0.2, 0.25) is 0 Å². The minimum Gasteiger partial charge on any atom is -0.430 e. The zero-order valence-electron chi connectivity index (χ0n) is 12.9. The van der Waals surface area contributed by atoms with Gasteiger partial charge < -0.3 is 9.73 Å². The Morgan fingerprint density at radius 2 is 2.26 bits per heavy atom. The zero-order chi connectivity index (χ0) is 16.2. The lowest BCUT2D eigenvalue weighted by atomic mass is 10.3. The van der Waals surface area contributed by atoms with E-state index in [0.29, 0.717) is 23.0 Å². The van der Waals surface area contributed by atoms with E-state index in [1.165, 1.54) is 16.6 Å². The molecule has 3 rings (SSSR count). The summed E-state index contributed by atoms with van der Waals surface area (Å²) in [7, 11) is 0. The summed E-state index contributed by atoms with van der Waals surface area (Å²) in [5.41, 5.74) is 2.11. The Labute approximate surface area is 142 Å². The van der Waals surface area contributed by atoms with Gasteiger partial charge in [-0.1, -0.05) is 17.8 Å². The largest absolute Gasteiger partial charge is 0.430 e. The molecule has 3 heterocycles. The first-order valence-corrected chi connectivity index (χ1v) is 9.08. The predicted molar refractivity (Wildman–Crippen MR) is 92.9 cm³/mol. The van der Waals surface area contributed by atoms with E-state index in [9.17, 15) is 4.79 Å². The Morgan fingerprint density at radius 1 is 1.39 bits per heavy atom. The van der Waals surface area contributed by atoms with Gasteiger partial charge in [-0.3, -0.25) is 4.79 Å². The molecular weight excluding hydrogens is 330 g/mol. The highest BCUT2D eigenvalue weighted by Gasteiger charge is 2.18. The van der Waals surface area contributed by atoms with Crippen molar-refractivity contribution in [2.45, 2.75) is 30.7 Å². The highest BCUT2D eigenvalue weighted by atomic mass is 32.2. The molecule has 1 N–H and O–H groups in total. The van der Waals surface area contributed by atoms with E-state index in [4.69, 9.17) is 4.42 Å². The van der Waals surface area contributed by atoms with Crippen LogP contribution >= 0.6 is 23.1 Å². The van der Waals surface area contributed by atoms with E-state index < -0.39 is 0 Å². The van der Waals surface area contributed by atoms with Gasteiger partial charge in [-0.05, 0) is 43.8 Å². The maximum absolute atomic E-state index is 12.1. The second kappa shape index (κ2) is 7.14. The quantitative estimate of drug-likeness (QED) is 0.692. The first kappa shape index (κ1) is 16.0. The summed E-state index contributed by atoms with van der Waals surface area (Å²) in [6, 6.07) is 7.81. The summed E-state index contributed by atoms with van der Waals surface area (Å²) >= 11 is 3.00. The van der Waals surface area contributed by atoms with Crippen LogP contribution in [0.15, 0.2) is 39.3 Å². The molecule has 0 radical (unpaired) electrons. The fourth-order valence-electron chi connectivity index (χ4n) is 2.06. The molecule has 0 saturated heterocycles. The lowest BCUT2D eigenvalue weighted by molar-refractivity contribution is -0.120. The molecule has 5 nitrogen and oxygen atoms in total. The summed E-state index contributed by atoms with van der Waals surface area (Å²) in [6.07, 6.45) is 0.854. The number of thiophene rings is 1. The fourth-order valence-corrected chi connectivity index (χ4v) is 3.53. The maximum Gasteiger partial charge on any atom is 0.259 e. The molecule has 0 aliphatic heterocycles. The highest BCUT2D eigenvalue weighted by Crippen LogP contribution is 2.26. The van der Waals surface area contributed by atoms with Crippen LogP contribution in [-0.4, -0.2) is 27.7 Å². The van der Waals surface area contributed by atoms with Gasteiger partial charge in [-0.25, -0.2) is 4.98 Å². The fraction of sp³-hybridized carbons (Fsp3) is 0.312. The number of hydrogen-bond acceptors (Lipinski definition) is 6. The molecule has 7 heteroatoms. The summed E-state index contributed by atoms with van der Waals surface area (Å²) in [5, 5.41) is 5.19. The van der Waals surface area contributed by atoms with Crippen LogP contribution in [-0.2, 0) is 11.2 Å². The Balaban J connectivity index is 1.54. The van der Waals surface area contributed by atoms with Gasteiger partial charge in [0.1, 0.15) is 0 Å². The zero-order valence-corrected chi connectivity index (χ0v) is 14.5. The summed E-state index contributed by atoms with van der Waals surface area (Å²) in [4.78, 5) is 22.0. The third kappa shape index (κ3) is 4.11. The molecule has 0 spiro atoms. The first-order valence-electron chi connectivity index (χ1n) is 7.33. The maximum atomic E-state index is 12.1. The summed E-state index contributed by atoms with van der Waals surface area (Å²) in [5.74, 6) is -0.0158. The number of carbonyl (C=O) groups excluding carboxylic acids is 1. The standard InChI is InChI=1S/C16H17N3O2S2/c1-10-5-6-13-14(18-10)19-16(21-13)23-11(2)15(20)17-8-7-12-4-3-9-22-12/h3-6,9,11H,7-8H2,1-2H3,(H,17,20). The van der Waals surface area contributed by atoms with E-state index in [0.717, 1.165) is 12.1 Å². The van der Waals surface area contributed by atoms with Gasteiger partial charge in [0.15, 0.2) is 11.2 Å². The summed E-state index contributed by atoms with van der Waals surface area (Å²) in [6.45, 7) is 4.39. The number of amides is 1. The van der Waals surface area contributed by atoms with Crippen LogP contribution in [0.1, 0.15) is 17.5 Å². The van der Waals surface area contributed by atoms with Crippen molar-refractivity contribution < 1.29 is 9.21 Å². The number of nitrogens with one attached hydrogen (secondary N) is 1. The lowest BCUT2D eigenvalue weighted by Crippen LogP contribution is -2.32. The molecule has 0 aromatic carbocycles. The van der Waals surface area contributed by atoms with Crippen LogP contribution in [0.3, 0.4) is 0 Å². The van der Waals surface area contributed by atoms with Crippen molar-refractivity contribution in [3.05, 3.63) is 40.2 Å². The van der Waals surface area contributed by atoms with E-state index in [1.807, 2.05) is 37.4 Å². The lowest BCUT2D eigenvalue weighted by Gasteiger charge is -2.09. The number of nitrogens with zero attached hydrogens (tertiary/aromatic N) is 2. The summed E-state index contributed by atoms with van der Waals surface area (Å²) < 4.78 is 5.62. The van der Waals surface area contributed by atoms with Crippen molar-refractivity contribution in [2.24, 2.45) is 0 Å². The topological polar surface area (TPSA) is 68.0 Å².